The van der Waals surface area contributed by atoms with Gasteiger partial charge < -0.3 is 15.5 Å². The molecule has 1 atom stereocenters. The first kappa shape index (κ1) is 13.4. The number of nitrogens with two attached hydrogens (primary N) is 2. The van der Waals surface area contributed by atoms with Crippen LogP contribution in [0.15, 0.2) is 45.9 Å². The van der Waals surface area contributed by atoms with Gasteiger partial charge in [0, 0.05) is 5.69 Å². The van der Waals surface area contributed by atoms with Crippen LogP contribution in [-0.4, -0.2) is 8.42 Å². The van der Waals surface area contributed by atoms with E-state index in [0.717, 1.165) is 5.76 Å². The lowest BCUT2D eigenvalue weighted by molar-refractivity contribution is 0.490. The smallest absolute Gasteiger partial charge is 0.240 e. The average molecular weight is 281 g/mol. The topological polar surface area (TPSA) is 111 Å². The molecule has 2 rings (SSSR count). The SMILES string of the molecule is CC(Nc1ccc(S(N)(=O)=O)c(N)c1)c1ccco1. The van der Waals surface area contributed by atoms with Crippen molar-refractivity contribution in [3.63, 3.8) is 0 Å². The zero-order valence-corrected chi connectivity index (χ0v) is 11.1. The van der Waals surface area contributed by atoms with Gasteiger partial charge in [-0.25, -0.2) is 13.6 Å². The van der Waals surface area contributed by atoms with E-state index >= 15 is 0 Å². The molecule has 0 fully saturated rings. The van der Waals surface area contributed by atoms with Crippen LogP contribution < -0.4 is 16.2 Å². The molecule has 0 saturated heterocycles. The van der Waals surface area contributed by atoms with Crippen molar-refractivity contribution >= 4 is 21.4 Å². The molecule has 0 aliphatic heterocycles. The Morgan fingerprint density at radius 3 is 2.58 bits per heavy atom. The van der Waals surface area contributed by atoms with Gasteiger partial charge in [-0.15, -0.1) is 0 Å². The number of furan rings is 1. The van der Waals surface area contributed by atoms with Gasteiger partial charge in [-0.05, 0) is 37.3 Å². The lowest BCUT2D eigenvalue weighted by Crippen LogP contribution is -2.14. The first-order valence-corrected chi connectivity index (χ1v) is 7.15. The molecule has 0 radical (unpaired) electrons. The van der Waals surface area contributed by atoms with E-state index in [1.165, 1.54) is 12.1 Å². The number of rotatable bonds is 4. The molecule has 0 amide bonds. The van der Waals surface area contributed by atoms with Crippen LogP contribution in [0, 0.1) is 0 Å². The molecule has 0 aliphatic rings. The van der Waals surface area contributed by atoms with Crippen LogP contribution in [0.1, 0.15) is 18.7 Å². The Kier molecular flexibility index (Phi) is 3.50. The Hall–Kier alpha value is -1.99. The first-order chi connectivity index (χ1) is 8.88. The molecule has 2 aromatic rings. The number of primary sulfonamides is 1. The summed E-state index contributed by atoms with van der Waals surface area (Å²) in [6.07, 6.45) is 1.59. The molecule has 1 aromatic carbocycles. The summed E-state index contributed by atoms with van der Waals surface area (Å²) in [5, 5.41) is 8.20. The molecule has 0 aliphatic carbocycles. The molecule has 6 nitrogen and oxygen atoms in total. The lowest BCUT2D eigenvalue weighted by Gasteiger charge is -2.14. The van der Waals surface area contributed by atoms with Crippen molar-refractivity contribution in [3.8, 4) is 0 Å². The summed E-state index contributed by atoms with van der Waals surface area (Å²) in [6, 6.07) is 8.09. The number of hydrogen-bond acceptors (Lipinski definition) is 5. The third-order valence-electron chi connectivity index (χ3n) is 2.67. The number of nitrogen functional groups attached to an aromatic ring is 1. The molecule has 0 spiro atoms. The first-order valence-electron chi connectivity index (χ1n) is 5.60. The maximum atomic E-state index is 11.2. The molecule has 0 saturated carbocycles. The highest BCUT2D eigenvalue weighted by molar-refractivity contribution is 7.89. The predicted molar refractivity (Wildman–Crippen MR) is 73.0 cm³/mol. The normalized spacial score (nSPS) is 13.2. The molecule has 0 bridgehead atoms. The van der Waals surface area contributed by atoms with Gasteiger partial charge in [-0.1, -0.05) is 0 Å². The second kappa shape index (κ2) is 4.94. The fourth-order valence-electron chi connectivity index (χ4n) is 1.76. The van der Waals surface area contributed by atoms with E-state index in [-0.39, 0.29) is 16.6 Å². The summed E-state index contributed by atoms with van der Waals surface area (Å²) < 4.78 is 27.7. The molecule has 7 heteroatoms. The van der Waals surface area contributed by atoms with Crippen molar-refractivity contribution in [2.75, 3.05) is 11.1 Å². The Bertz CT molecular complexity index is 666. The van der Waals surface area contributed by atoms with E-state index in [1.54, 1.807) is 18.4 Å². The van der Waals surface area contributed by atoms with E-state index in [9.17, 15) is 8.42 Å². The highest BCUT2D eigenvalue weighted by Gasteiger charge is 2.13. The van der Waals surface area contributed by atoms with Crippen molar-refractivity contribution < 1.29 is 12.8 Å². The Morgan fingerprint density at radius 1 is 1.32 bits per heavy atom. The van der Waals surface area contributed by atoms with Crippen molar-refractivity contribution in [3.05, 3.63) is 42.4 Å². The minimum absolute atomic E-state index is 0.0604. The van der Waals surface area contributed by atoms with Crippen LogP contribution >= 0.6 is 0 Å². The minimum Gasteiger partial charge on any atom is -0.467 e. The molecular weight excluding hydrogens is 266 g/mol. The minimum atomic E-state index is -3.79. The highest BCUT2D eigenvalue weighted by atomic mass is 32.2. The van der Waals surface area contributed by atoms with Crippen molar-refractivity contribution in [2.24, 2.45) is 5.14 Å². The summed E-state index contributed by atoms with van der Waals surface area (Å²) in [4.78, 5) is -0.0799. The zero-order valence-electron chi connectivity index (χ0n) is 10.3. The van der Waals surface area contributed by atoms with Gasteiger partial charge in [0.05, 0.1) is 18.0 Å². The number of nitrogens with one attached hydrogen (secondary N) is 1. The zero-order chi connectivity index (χ0) is 14.0. The predicted octanol–water partition coefficient (Wildman–Crippen LogP) is 1.68. The monoisotopic (exact) mass is 281 g/mol. The highest BCUT2D eigenvalue weighted by Crippen LogP contribution is 2.25. The van der Waals surface area contributed by atoms with E-state index in [0.29, 0.717) is 5.69 Å². The molecule has 1 heterocycles. The van der Waals surface area contributed by atoms with Crippen molar-refractivity contribution in [2.45, 2.75) is 17.9 Å². The van der Waals surface area contributed by atoms with E-state index in [2.05, 4.69) is 5.32 Å². The Balaban J connectivity index is 2.22. The fourth-order valence-corrected chi connectivity index (χ4v) is 2.40. The average Bonchev–Trinajstić information content (AvgIpc) is 2.80. The number of sulfonamides is 1. The Morgan fingerprint density at radius 2 is 2.05 bits per heavy atom. The quantitative estimate of drug-likeness (QED) is 0.738. The van der Waals surface area contributed by atoms with Crippen LogP contribution in [-0.2, 0) is 10.0 Å². The third-order valence-corrected chi connectivity index (χ3v) is 3.65. The maximum Gasteiger partial charge on any atom is 0.240 e. The molecule has 1 unspecified atom stereocenters. The maximum absolute atomic E-state index is 11.2. The van der Waals surface area contributed by atoms with Crippen LogP contribution in [0.2, 0.25) is 0 Å². The summed E-state index contributed by atoms with van der Waals surface area (Å²) in [5.74, 6) is 0.772. The second-order valence-electron chi connectivity index (χ2n) is 4.18. The summed E-state index contributed by atoms with van der Waals surface area (Å²) in [6.45, 7) is 1.92. The van der Waals surface area contributed by atoms with Crippen LogP contribution in [0.3, 0.4) is 0 Å². The van der Waals surface area contributed by atoms with Gasteiger partial charge >= 0.3 is 0 Å². The lowest BCUT2D eigenvalue weighted by atomic mass is 10.2. The second-order valence-corrected chi connectivity index (χ2v) is 5.71. The van der Waals surface area contributed by atoms with Gasteiger partial charge in [0.1, 0.15) is 10.7 Å². The van der Waals surface area contributed by atoms with Gasteiger partial charge in [0.15, 0.2) is 0 Å². The van der Waals surface area contributed by atoms with Gasteiger partial charge in [0.2, 0.25) is 10.0 Å². The molecule has 19 heavy (non-hydrogen) atoms. The van der Waals surface area contributed by atoms with Crippen LogP contribution in [0.4, 0.5) is 11.4 Å². The molecule has 102 valence electrons. The van der Waals surface area contributed by atoms with Gasteiger partial charge in [-0.3, -0.25) is 0 Å². The standard InChI is InChI=1S/C12H15N3O3S/c1-8(11-3-2-6-18-11)15-9-4-5-12(10(13)7-9)19(14,16)17/h2-8,15H,13H2,1H3,(H2,14,16,17). The summed E-state index contributed by atoms with van der Waals surface area (Å²) in [5.41, 5.74) is 6.48. The molecule has 5 N–H and O–H groups in total. The fraction of sp³-hybridized carbons (Fsp3) is 0.167. The van der Waals surface area contributed by atoms with Crippen LogP contribution in [0.25, 0.3) is 0 Å². The van der Waals surface area contributed by atoms with E-state index in [1.807, 2.05) is 13.0 Å². The van der Waals surface area contributed by atoms with Gasteiger partial charge in [-0.2, -0.15) is 0 Å². The summed E-state index contributed by atoms with van der Waals surface area (Å²) >= 11 is 0. The Labute approximate surface area is 111 Å². The summed E-state index contributed by atoms with van der Waals surface area (Å²) in [7, 11) is -3.79. The van der Waals surface area contributed by atoms with E-state index in [4.69, 9.17) is 15.3 Å². The van der Waals surface area contributed by atoms with Crippen molar-refractivity contribution in [1.82, 2.24) is 0 Å². The largest absolute Gasteiger partial charge is 0.467 e. The number of benzene rings is 1. The number of hydrogen-bond donors (Lipinski definition) is 3. The van der Waals surface area contributed by atoms with Gasteiger partial charge in [0.25, 0.3) is 0 Å². The molecule has 1 aromatic heterocycles. The molecular formula is C12H15N3O3S. The van der Waals surface area contributed by atoms with E-state index < -0.39 is 10.0 Å². The van der Waals surface area contributed by atoms with Crippen LogP contribution in [0.5, 0.6) is 0 Å². The third kappa shape index (κ3) is 3.07. The van der Waals surface area contributed by atoms with Crippen molar-refractivity contribution in [1.29, 1.82) is 0 Å². The number of anilines is 2.